The minimum absolute atomic E-state index is 0.00978. The van der Waals surface area contributed by atoms with E-state index >= 15 is 0 Å². The lowest BCUT2D eigenvalue weighted by atomic mass is 9.84. The van der Waals surface area contributed by atoms with E-state index < -0.39 is 12.1 Å². The Hall–Kier alpha value is -1.89. The standard InChI is InChI=1S/C21H26BrN3O3/c22-15-8-6-14(7-9-15)19(26)23-16-11-18-20(27)24-17(21(28)25(18)12-16)10-13-4-2-1-3-5-13/h6-9,13,16-18H,1-5,10-12H2,(H,23,26)(H,24,27)/t16-,17-,18-/m0/s1. The molecule has 2 saturated heterocycles. The van der Waals surface area contributed by atoms with Crippen LogP contribution in [0.5, 0.6) is 0 Å². The molecule has 1 aromatic carbocycles. The summed E-state index contributed by atoms with van der Waals surface area (Å²) in [4.78, 5) is 39.7. The van der Waals surface area contributed by atoms with Crippen LogP contribution in [0.15, 0.2) is 28.7 Å². The quantitative estimate of drug-likeness (QED) is 0.744. The summed E-state index contributed by atoms with van der Waals surface area (Å²) in [5.74, 6) is 0.274. The van der Waals surface area contributed by atoms with E-state index in [2.05, 4.69) is 26.6 Å². The van der Waals surface area contributed by atoms with E-state index in [1.807, 2.05) is 12.1 Å². The van der Waals surface area contributed by atoms with Crippen molar-refractivity contribution in [2.24, 2.45) is 5.92 Å². The highest BCUT2D eigenvalue weighted by Gasteiger charge is 2.47. The van der Waals surface area contributed by atoms with E-state index in [1.165, 1.54) is 19.3 Å². The minimum atomic E-state index is -0.467. The number of rotatable bonds is 4. The van der Waals surface area contributed by atoms with Gasteiger partial charge in [-0.3, -0.25) is 14.4 Å². The third-order valence-electron chi connectivity index (χ3n) is 6.24. The summed E-state index contributed by atoms with van der Waals surface area (Å²) in [6.07, 6.45) is 7.21. The predicted molar refractivity (Wildman–Crippen MR) is 109 cm³/mol. The number of piperazine rings is 1. The van der Waals surface area contributed by atoms with E-state index in [9.17, 15) is 14.4 Å². The first-order valence-electron chi connectivity index (χ1n) is 10.2. The molecule has 3 aliphatic rings. The molecule has 150 valence electrons. The summed E-state index contributed by atoms with van der Waals surface area (Å²) in [5.41, 5.74) is 0.569. The van der Waals surface area contributed by atoms with Gasteiger partial charge in [-0.2, -0.15) is 0 Å². The van der Waals surface area contributed by atoms with Crippen molar-refractivity contribution in [1.29, 1.82) is 0 Å². The Morgan fingerprint density at radius 2 is 1.86 bits per heavy atom. The van der Waals surface area contributed by atoms with Crippen LogP contribution in [0.1, 0.15) is 55.3 Å². The van der Waals surface area contributed by atoms with Crippen molar-refractivity contribution >= 4 is 33.7 Å². The first-order valence-corrected chi connectivity index (χ1v) is 11.0. The zero-order valence-electron chi connectivity index (χ0n) is 15.8. The Bertz CT molecular complexity index is 761. The first-order chi connectivity index (χ1) is 13.5. The summed E-state index contributed by atoms with van der Waals surface area (Å²) in [6, 6.07) is 6.06. The third-order valence-corrected chi connectivity index (χ3v) is 6.77. The Labute approximate surface area is 173 Å². The molecule has 1 aromatic rings. The van der Waals surface area contributed by atoms with Gasteiger partial charge in [0.2, 0.25) is 11.8 Å². The number of nitrogens with one attached hydrogen (secondary N) is 2. The van der Waals surface area contributed by atoms with Crippen LogP contribution in [-0.2, 0) is 9.59 Å². The molecule has 1 aliphatic carbocycles. The summed E-state index contributed by atoms with van der Waals surface area (Å²) in [6.45, 7) is 0.403. The van der Waals surface area contributed by atoms with Crippen molar-refractivity contribution in [2.45, 2.75) is 63.1 Å². The maximum atomic E-state index is 13.0. The second-order valence-corrected chi connectivity index (χ2v) is 9.14. The SMILES string of the molecule is O=C(N[C@H]1C[C@H]2C(=O)N[C@@H](CC3CCCCC3)C(=O)N2C1)c1ccc(Br)cc1. The van der Waals surface area contributed by atoms with Gasteiger partial charge in [0.15, 0.2) is 0 Å². The van der Waals surface area contributed by atoms with Gasteiger partial charge in [0.1, 0.15) is 12.1 Å². The topological polar surface area (TPSA) is 78.5 Å². The molecule has 7 heteroatoms. The van der Waals surface area contributed by atoms with E-state index in [1.54, 1.807) is 17.0 Å². The summed E-state index contributed by atoms with van der Waals surface area (Å²) < 4.78 is 0.910. The average Bonchev–Trinajstić information content (AvgIpc) is 3.12. The fourth-order valence-corrected chi connectivity index (χ4v) is 5.01. The highest BCUT2D eigenvalue weighted by Crippen LogP contribution is 2.30. The van der Waals surface area contributed by atoms with Crippen molar-refractivity contribution in [3.8, 4) is 0 Å². The van der Waals surface area contributed by atoms with Crippen molar-refractivity contribution < 1.29 is 14.4 Å². The molecule has 0 aromatic heterocycles. The predicted octanol–water partition coefficient (Wildman–Crippen LogP) is 2.62. The minimum Gasteiger partial charge on any atom is -0.347 e. The van der Waals surface area contributed by atoms with Crippen molar-refractivity contribution in [3.05, 3.63) is 34.3 Å². The summed E-state index contributed by atoms with van der Waals surface area (Å²) in [7, 11) is 0. The largest absolute Gasteiger partial charge is 0.347 e. The fourth-order valence-electron chi connectivity index (χ4n) is 4.75. The van der Waals surface area contributed by atoms with Crippen LogP contribution in [0.2, 0.25) is 0 Å². The van der Waals surface area contributed by atoms with Gasteiger partial charge in [0, 0.05) is 22.6 Å². The van der Waals surface area contributed by atoms with E-state index in [4.69, 9.17) is 0 Å². The van der Waals surface area contributed by atoms with E-state index in [0.717, 1.165) is 23.7 Å². The summed E-state index contributed by atoms with van der Waals surface area (Å²) in [5, 5.41) is 5.93. The molecular weight excluding hydrogens is 422 g/mol. The molecular formula is C21H26BrN3O3. The molecule has 28 heavy (non-hydrogen) atoms. The average molecular weight is 448 g/mol. The highest BCUT2D eigenvalue weighted by molar-refractivity contribution is 9.10. The molecule has 1 saturated carbocycles. The highest BCUT2D eigenvalue weighted by atomic mass is 79.9. The fraction of sp³-hybridized carbons (Fsp3) is 0.571. The van der Waals surface area contributed by atoms with E-state index in [0.29, 0.717) is 24.4 Å². The number of hydrogen-bond donors (Lipinski definition) is 2. The van der Waals surface area contributed by atoms with Crippen LogP contribution < -0.4 is 10.6 Å². The molecule has 0 unspecified atom stereocenters. The number of halogens is 1. The monoisotopic (exact) mass is 447 g/mol. The molecule has 3 fully saturated rings. The van der Waals surface area contributed by atoms with Crippen LogP contribution in [0.25, 0.3) is 0 Å². The van der Waals surface area contributed by atoms with Crippen molar-refractivity contribution in [1.82, 2.24) is 15.5 Å². The smallest absolute Gasteiger partial charge is 0.251 e. The number of carbonyl (C=O) groups is 3. The van der Waals surface area contributed by atoms with Crippen LogP contribution in [0.3, 0.4) is 0 Å². The molecule has 3 atom stereocenters. The zero-order chi connectivity index (χ0) is 19.7. The second kappa shape index (κ2) is 8.23. The van der Waals surface area contributed by atoms with Crippen molar-refractivity contribution in [3.63, 3.8) is 0 Å². The van der Waals surface area contributed by atoms with Crippen molar-refractivity contribution in [2.75, 3.05) is 6.54 Å². The molecule has 0 bridgehead atoms. The lowest BCUT2D eigenvalue weighted by Gasteiger charge is -2.36. The molecule has 0 radical (unpaired) electrons. The Balaban J connectivity index is 1.38. The molecule has 2 N–H and O–H groups in total. The number of nitrogens with zero attached hydrogens (tertiary/aromatic N) is 1. The lowest BCUT2D eigenvalue weighted by molar-refractivity contribution is -0.147. The second-order valence-electron chi connectivity index (χ2n) is 8.22. The molecule has 3 amide bonds. The van der Waals surface area contributed by atoms with Crippen LogP contribution in [0.4, 0.5) is 0 Å². The lowest BCUT2D eigenvalue weighted by Crippen LogP contribution is -2.61. The Kier molecular flexibility index (Phi) is 5.71. The summed E-state index contributed by atoms with van der Waals surface area (Å²) >= 11 is 3.36. The molecule has 2 aliphatic heterocycles. The van der Waals surface area contributed by atoms with Gasteiger partial charge in [0.05, 0.1) is 0 Å². The molecule has 0 spiro atoms. The first kappa shape index (κ1) is 19.4. The Morgan fingerprint density at radius 3 is 2.57 bits per heavy atom. The van der Waals surface area contributed by atoms with Gasteiger partial charge in [-0.25, -0.2) is 0 Å². The van der Waals surface area contributed by atoms with E-state index in [-0.39, 0.29) is 23.8 Å². The molecule has 6 nitrogen and oxygen atoms in total. The molecule has 4 rings (SSSR count). The third kappa shape index (κ3) is 4.09. The van der Waals surface area contributed by atoms with Gasteiger partial charge >= 0.3 is 0 Å². The van der Waals surface area contributed by atoms with Gasteiger partial charge in [-0.1, -0.05) is 48.0 Å². The number of hydrogen-bond acceptors (Lipinski definition) is 3. The maximum Gasteiger partial charge on any atom is 0.251 e. The normalized spacial score (nSPS) is 28.0. The van der Waals surface area contributed by atoms with Gasteiger partial charge in [0.25, 0.3) is 5.91 Å². The number of carbonyl (C=O) groups excluding carboxylic acids is 3. The number of amides is 3. The number of fused-ring (bicyclic) bond motifs is 1. The van der Waals surface area contributed by atoms with Gasteiger partial charge in [-0.05, 0) is 43.0 Å². The Morgan fingerprint density at radius 1 is 1.14 bits per heavy atom. The van der Waals surface area contributed by atoms with Crippen LogP contribution >= 0.6 is 15.9 Å². The van der Waals surface area contributed by atoms with Crippen LogP contribution in [-0.4, -0.2) is 47.3 Å². The van der Waals surface area contributed by atoms with Gasteiger partial charge < -0.3 is 15.5 Å². The maximum absolute atomic E-state index is 13.0. The molecule has 2 heterocycles. The zero-order valence-corrected chi connectivity index (χ0v) is 17.4. The van der Waals surface area contributed by atoms with Gasteiger partial charge in [-0.15, -0.1) is 0 Å². The number of benzene rings is 1. The van der Waals surface area contributed by atoms with Crippen LogP contribution in [0, 0.1) is 5.92 Å².